The summed E-state index contributed by atoms with van der Waals surface area (Å²) in [5.41, 5.74) is 0.875. The molecule has 1 N–H and O–H groups in total. The highest BCUT2D eigenvalue weighted by atomic mass is 32.2. The SMILES string of the molecule is O=C(NCc1cccnc1N1CCOCC1)c1ccc(S(=O)(=O)N2CCCCC2)o1. The number of piperidine rings is 1. The first-order valence-corrected chi connectivity index (χ1v) is 11.6. The molecule has 162 valence electrons. The number of anilines is 1. The van der Waals surface area contributed by atoms with Gasteiger partial charge in [-0.1, -0.05) is 12.5 Å². The maximum atomic E-state index is 12.7. The number of ether oxygens (including phenoxy) is 1. The van der Waals surface area contributed by atoms with Gasteiger partial charge >= 0.3 is 0 Å². The zero-order valence-electron chi connectivity index (χ0n) is 16.7. The number of rotatable bonds is 6. The topological polar surface area (TPSA) is 105 Å². The standard InChI is InChI=1S/C20H26N4O5S/c25-20(17-6-7-18(29-17)30(26,27)24-9-2-1-3-10-24)22-15-16-5-4-8-21-19(16)23-11-13-28-14-12-23/h4-8H,1-3,9-15H2,(H,22,25). The molecule has 0 radical (unpaired) electrons. The molecule has 10 heteroatoms. The molecule has 0 aliphatic carbocycles. The smallest absolute Gasteiger partial charge is 0.287 e. The highest BCUT2D eigenvalue weighted by molar-refractivity contribution is 7.89. The van der Waals surface area contributed by atoms with Gasteiger partial charge in [0.05, 0.1) is 13.2 Å². The number of amides is 1. The summed E-state index contributed by atoms with van der Waals surface area (Å²) in [6.45, 7) is 3.99. The molecular formula is C20H26N4O5S. The Hall–Kier alpha value is -2.43. The van der Waals surface area contributed by atoms with Gasteiger partial charge in [-0.25, -0.2) is 13.4 Å². The maximum Gasteiger partial charge on any atom is 0.287 e. The number of carbonyl (C=O) groups is 1. The average Bonchev–Trinajstić information content (AvgIpc) is 3.30. The van der Waals surface area contributed by atoms with Crippen LogP contribution >= 0.6 is 0 Å². The predicted molar refractivity (Wildman–Crippen MR) is 110 cm³/mol. The lowest BCUT2D eigenvalue weighted by molar-refractivity contribution is 0.0917. The molecular weight excluding hydrogens is 408 g/mol. The highest BCUT2D eigenvalue weighted by Gasteiger charge is 2.29. The van der Waals surface area contributed by atoms with Crippen molar-refractivity contribution in [2.24, 2.45) is 0 Å². The van der Waals surface area contributed by atoms with Crippen LogP contribution in [0.2, 0.25) is 0 Å². The van der Waals surface area contributed by atoms with Gasteiger partial charge in [0.1, 0.15) is 5.82 Å². The molecule has 2 fully saturated rings. The third-order valence-corrected chi connectivity index (χ3v) is 7.10. The Bertz CT molecular complexity index is 979. The van der Waals surface area contributed by atoms with Crippen LogP contribution in [0.4, 0.5) is 5.82 Å². The third-order valence-electron chi connectivity index (χ3n) is 5.33. The Balaban J connectivity index is 1.42. The molecule has 0 atom stereocenters. The number of sulfonamides is 1. The average molecular weight is 435 g/mol. The number of pyridine rings is 1. The monoisotopic (exact) mass is 434 g/mol. The quantitative estimate of drug-likeness (QED) is 0.736. The molecule has 1 amide bonds. The molecule has 2 saturated heterocycles. The Labute approximate surface area is 176 Å². The van der Waals surface area contributed by atoms with Crippen molar-refractivity contribution in [3.05, 3.63) is 41.8 Å². The summed E-state index contributed by atoms with van der Waals surface area (Å²) in [6.07, 6.45) is 4.42. The van der Waals surface area contributed by atoms with Gasteiger partial charge in [-0.3, -0.25) is 4.79 Å². The van der Waals surface area contributed by atoms with Crippen LogP contribution in [-0.2, 0) is 21.3 Å². The van der Waals surface area contributed by atoms with Crippen molar-refractivity contribution in [1.29, 1.82) is 0 Å². The Morgan fingerprint density at radius 1 is 1.07 bits per heavy atom. The largest absolute Gasteiger partial charge is 0.438 e. The Morgan fingerprint density at radius 3 is 2.60 bits per heavy atom. The van der Waals surface area contributed by atoms with Crippen LogP contribution in [0.25, 0.3) is 0 Å². The number of carbonyl (C=O) groups excluding carboxylic acids is 1. The number of morpholine rings is 1. The van der Waals surface area contributed by atoms with E-state index in [9.17, 15) is 13.2 Å². The molecule has 2 aliphatic rings. The molecule has 2 aromatic heterocycles. The molecule has 30 heavy (non-hydrogen) atoms. The number of hydrogen-bond acceptors (Lipinski definition) is 7. The Morgan fingerprint density at radius 2 is 1.83 bits per heavy atom. The molecule has 0 bridgehead atoms. The first kappa shape index (κ1) is 20.8. The molecule has 2 aliphatic heterocycles. The van der Waals surface area contributed by atoms with E-state index in [4.69, 9.17) is 9.15 Å². The van der Waals surface area contributed by atoms with E-state index in [0.717, 1.165) is 43.7 Å². The maximum absolute atomic E-state index is 12.7. The van der Waals surface area contributed by atoms with Crippen LogP contribution in [0.15, 0.2) is 40.0 Å². The molecule has 0 aromatic carbocycles. The predicted octanol–water partition coefficient (Wildman–Crippen LogP) is 1.62. The molecule has 4 rings (SSSR count). The zero-order valence-corrected chi connectivity index (χ0v) is 17.6. The van der Waals surface area contributed by atoms with E-state index in [0.29, 0.717) is 26.3 Å². The lowest BCUT2D eigenvalue weighted by Gasteiger charge is -2.29. The van der Waals surface area contributed by atoms with E-state index >= 15 is 0 Å². The second-order valence-electron chi connectivity index (χ2n) is 7.35. The number of nitrogens with one attached hydrogen (secondary N) is 1. The van der Waals surface area contributed by atoms with Gasteiger partial charge in [-0.15, -0.1) is 0 Å². The van der Waals surface area contributed by atoms with E-state index in [1.807, 2.05) is 12.1 Å². The summed E-state index contributed by atoms with van der Waals surface area (Å²) >= 11 is 0. The molecule has 9 nitrogen and oxygen atoms in total. The van der Waals surface area contributed by atoms with Crippen LogP contribution in [0.5, 0.6) is 0 Å². The summed E-state index contributed by atoms with van der Waals surface area (Å²) < 4.78 is 37.6. The fraction of sp³-hybridized carbons (Fsp3) is 0.500. The summed E-state index contributed by atoms with van der Waals surface area (Å²) in [5.74, 6) is 0.322. The van der Waals surface area contributed by atoms with Crippen molar-refractivity contribution in [1.82, 2.24) is 14.6 Å². The lowest BCUT2D eigenvalue weighted by atomic mass is 10.2. The molecule has 0 saturated carbocycles. The summed E-state index contributed by atoms with van der Waals surface area (Å²) in [5, 5.41) is 2.61. The molecule has 2 aromatic rings. The fourth-order valence-electron chi connectivity index (χ4n) is 3.70. The first-order chi connectivity index (χ1) is 14.6. The molecule has 0 unspecified atom stereocenters. The van der Waals surface area contributed by atoms with Crippen molar-refractivity contribution in [2.75, 3.05) is 44.3 Å². The summed E-state index contributed by atoms with van der Waals surface area (Å²) in [4.78, 5) is 19.1. The van der Waals surface area contributed by atoms with Gasteiger partial charge in [-0.2, -0.15) is 4.31 Å². The second-order valence-corrected chi connectivity index (χ2v) is 9.22. The van der Waals surface area contributed by atoms with Gasteiger partial charge < -0.3 is 19.4 Å². The van der Waals surface area contributed by atoms with Crippen molar-refractivity contribution in [3.8, 4) is 0 Å². The number of aromatic nitrogens is 1. The van der Waals surface area contributed by atoms with Crippen LogP contribution in [0, 0.1) is 0 Å². The minimum atomic E-state index is -3.70. The highest BCUT2D eigenvalue weighted by Crippen LogP contribution is 2.23. The number of hydrogen-bond donors (Lipinski definition) is 1. The van der Waals surface area contributed by atoms with E-state index in [2.05, 4.69) is 15.2 Å². The zero-order chi connectivity index (χ0) is 21.0. The van der Waals surface area contributed by atoms with Crippen molar-refractivity contribution in [3.63, 3.8) is 0 Å². The third kappa shape index (κ3) is 4.50. The van der Waals surface area contributed by atoms with Crippen molar-refractivity contribution < 1.29 is 22.4 Å². The minimum absolute atomic E-state index is 0.0256. The second kappa shape index (κ2) is 9.15. The van der Waals surface area contributed by atoms with E-state index in [1.165, 1.54) is 16.4 Å². The van der Waals surface area contributed by atoms with Crippen LogP contribution < -0.4 is 10.2 Å². The summed E-state index contributed by atoms with van der Waals surface area (Å²) in [7, 11) is -3.70. The lowest BCUT2D eigenvalue weighted by Crippen LogP contribution is -2.37. The van der Waals surface area contributed by atoms with Crippen molar-refractivity contribution in [2.45, 2.75) is 30.9 Å². The van der Waals surface area contributed by atoms with Gasteiger partial charge in [0.2, 0.25) is 5.09 Å². The van der Waals surface area contributed by atoms with Crippen LogP contribution in [-0.4, -0.2) is 63.0 Å². The summed E-state index contributed by atoms with van der Waals surface area (Å²) in [6, 6.07) is 6.48. The van der Waals surface area contributed by atoms with E-state index in [-0.39, 0.29) is 17.4 Å². The Kier molecular flexibility index (Phi) is 6.35. The number of nitrogens with zero attached hydrogens (tertiary/aromatic N) is 3. The molecule has 4 heterocycles. The minimum Gasteiger partial charge on any atom is -0.438 e. The van der Waals surface area contributed by atoms with Gasteiger partial charge in [0.25, 0.3) is 15.9 Å². The van der Waals surface area contributed by atoms with E-state index in [1.54, 1.807) is 6.20 Å². The van der Waals surface area contributed by atoms with Gasteiger partial charge in [-0.05, 0) is 31.0 Å². The van der Waals surface area contributed by atoms with E-state index < -0.39 is 15.9 Å². The number of furan rings is 1. The van der Waals surface area contributed by atoms with Gasteiger partial charge in [0.15, 0.2) is 5.76 Å². The first-order valence-electron chi connectivity index (χ1n) is 10.2. The van der Waals surface area contributed by atoms with Crippen molar-refractivity contribution >= 4 is 21.7 Å². The van der Waals surface area contributed by atoms with Gasteiger partial charge in [0, 0.05) is 44.5 Å². The molecule has 0 spiro atoms. The normalized spacial score (nSPS) is 18.3. The fourth-order valence-corrected chi connectivity index (χ4v) is 5.13. The van der Waals surface area contributed by atoms with Crippen LogP contribution in [0.3, 0.4) is 0 Å². The van der Waals surface area contributed by atoms with Crippen LogP contribution in [0.1, 0.15) is 35.4 Å².